The number of pyridine rings is 1. The minimum atomic E-state index is -0.188. The van der Waals surface area contributed by atoms with Gasteiger partial charge in [-0.15, -0.1) is 0 Å². The Hall–Kier alpha value is -1.17. The molecule has 1 aromatic rings. The maximum absolute atomic E-state index is 12.4. The van der Waals surface area contributed by atoms with Crippen molar-refractivity contribution in [3.05, 3.63) is 29.0 Å². The lowest BCUT2D eigenvalue weighted by molar-refractivity contribution is 0.0239. The molecule has 22 heavy (non-hydrogen) atoms. The summed E-state index contributed by atoms with van der Waals surface area (Å²) in [5.74, 6) is -0.0196. The number of amides is 1. The second-order valence-electron chi connectivity index (χ2n) is 6.18. The molecule has 5 nitrogen and oxygen atoms in total. The van der Waals surface area contributed by atoms with E-state index in [0.717, 1.165) is 51.9 Å². The fourth-order valence-electron chi connectivity index (χ4n) is 3.41. The number of likely N-dealkylation sites (tertiary alicyclic amines) is 2. The molecular weight excluding hydrogens is 302 g/mol. The highest BCUT2D eigenvalue weighted by molar-refractivity contribution is 6.30. The summed E-state index contributed by atoms with van der Waals surface area (Å²) >= 11 is 5.81. The molecule has 6 heteroatoms. The predicted molar refractivity (Wildman–Crippen MR) is 85.0 cm³/mol. The Bertz CT molecular complexity index is 515. The first kappa shape index (κ1) is 15.7. The molecule has 0 unspecified atom stereocenters. The minimum Gasteiger partial charge on any atom is -0.392 e. The molecule has 0 aromatic carbocycles. The molecule has 2 aliphatic heterocycles. The summed E-state index contributed by atoms with van der Waals surface area (Å²) in [7, 11) is 0. The van der Waals surface area contributed by atoms with Crippen LogP contribution in [-0.2, 0) is 0 Å². The Labute approximate surface area is 135 Å². The number of hydrogen-bond acceptors (Lipinski definition) is 4. The third-order valence-electron chi connectivity index (χ3n) is 4.64. The third kappa shape index (κ3) is 3.59. The van der Waals surface area contributed by atoms with Crippen molar-refractivity contribution < 1.29 is 9.90 Å². The number of carbonyl (C=O) groups is 1. The number of β-amino-alcohol motifs (C(OH)–C–C–N with tert-alkyl or cyclic N) is 1. The van der Waals surface area contributed by atoms with Gasteiger partial charge in [-0.3, -0.25) is 9.69 Å². The smallest absolute Gasteiger partial charge is 0.272 e. The number of aliphatic hydroxyl groups is 1. The van der Waals surface area contributed by atoms with Crippen molar-refractivity contribution in [2.45, 2.75) is 37.8 Å². The first-order valence-electron chi connectivity index (χ1n) is 7.96. The van der Waals surface area contributed by atoms with E-state index in [1.807, 2.05) is 4.90 Å². The van der Waals surface area contributed by atoms with Crippen LogP contribution in [0.3, 0.4) is 0 Å². The zero-order chi connectivity index (χ0) is 15.5. The van der Waals surface area contributed by atoms with E-state index in [1.165, 1.54) is 6.20 Å². The Balaban J connectivity index is 1.55. The molecule has 0 saturated carbocycles. The van der Waals surface area contributed by atoms with Crippen molar-refractivity contribution in [1.29, 1.82) is 0 Å². The molecule has 2 fully saturated rings. The monoisotopic (exact) mass is 323 g/mol. The molecule has 1 N–H and O–H groups in total. The number of carbonyl (C=O) groups excluding carboxylic acids is 1. The van der Waals surface area contributed by atoms with Crippen LogP contribution < -0.4 is 0 Å². The van der Waals surface area contributed by atoms with Crippen LogP contribution in [-0.4, -0.2) is 64.1 Å². The fraction of sp³-hybridized carbons (Fsp3) is 0.625. The maximum Gasteiger partial charge on any atom is 0.272 e. The van der Waals surface area contributed by atoms with Gasteiger partial charge in [-0.05, 0) is 44.4 Å². The molecule has 0 bridgehead atoms. The molecule has 1 aromatic heterocycles. The summed E-state index contributed by atoms with van der Waals surface area (Å²) < 4.78 is 0. The summed E-state index contributed by atoms with van der Waals surface area (Å²) in [6.07, 6.45) is 5.23. The van der Waals surface area contributed by atoms with E-state index in [0.29, 0.717) is 16.8 Å². The van der Waals surface area contributed by atoms with Gasteiger partial charge in [-0.25, -0.2) is 4.98 Å². The standard InChI is InChI=1S/C16H22ClN3O2/c17-12-3-4-15(18-10-12)16(22)19-8-5-13(6-9-19)20-7-1-2-14(21)11-20/h3-4,10,13-14,21H,1-2,5-9,11H2/t14-/m0/s1. The molecule has 0 aliphatic carbocycles. The minimum absolute atomic E-state index is 0.0196. The topological polar surface area (TPSA) is 56.7 Å². The van der Waals surface area contributed by atoms with Gasteiger partial charge < -0.3 is 10.0 Å². The molecule has 0 radical (unpaired) electrons. The maximum atomic E-state index is 12.4. The van der Waals surface area contributed by atoms with Crippen LogP contribution in [0.2, 0.25) is 5.02 Å². The number of halogens is 1. The first-order chi connectivity index (χ1) is 10.6. The van der Waals surface area contributed by atoms with Crippen molar-refractivity contribution in [3.63, 3.8) is 0 Å². The first-order valence-corrected chi connectivity index (χ1v) is 8.34. The highest BCUT2D eigenvalue weighted by Gasteiger charge is 2.30. The van der Waals surface area contributed by atoms with E-state index in [1.54, 1.807) is 12.1 Å². The van der Waals surface area contributed by atoms with E-state index in [-0.39, 0.29) is 12.0 Å². The number of aromatic nitrogens is 1. The van der Waals surface area contributed by atoms with Crippen LogP contribution in [0.25, 0.3) is 0 Å². The number of hydrogen-bond donors (Lipinski definition) is 1. The van der Waals surface area contributed by atoms with Gasteiger partial charge in [0.2, 0.25) is 0 Å². The highest BCUT2D eigenvalue weighted by atomic mass is 35.5. The largest absolute Gasteiger partial charge is 0.392 e. The van der Waals surface area contributed by atoms with Gasteiger partial charge in [-0.1, -0.05) is 11.6 Å². The van der Waals surface area contributed by atoms with Gasteiger partial charge in [0.25, 0.3) is 5.91 Å². The second kappa shape index (κ2) is 6.94. The lowest BCUT2D eigenvalue weighted by atomic mass is 9.99. The Morgan fingerprint density at radius 3 is 2.64 bits per heavy atom. The van der Waals surface area contributed by atoms with Gasteiger partial charge in [0.05, 0.1) is 11.1 Å². The Morgan fingerprint density at radius 2 is 2.00 bits per heavy atom. The van der Waals surface area contributed by atoms with Crippen LogP contribution >= 0.6 is 11.6 Å². The van der Waals surface area contributed by atoms with Crippen molar-refractivity contribution in [3.8, 4) is 0 Å². The second-order valence-corrected chi connectivity index (χ2v) is 6.61. The van der Waals surface area contributed by atoms with Gasteiger partial charge in [-0.2, -0.15) is 0 Å². The Morgan fingerprint density at radius 1 is 1.23 bits per heavy atom. The van der Waals surface area contributed by atoms with E-state index >= 15 is 0 Å². The molecule has 3 heterocycles. The summed E-state index contributed by atoms with van der Waals surface area (Å²) in [5.41, 5.74) is 0.455. The van der Waals surface area contributed by atoms with Crippen molar-refractivity contribution in [2.24, 2.45) is 0 Å². The van der Waals surface area contributed by atoms with Crippen LogP contribution in [0.5, 0.6) is 0 Å². The summed E-state index contributed by atoms with van der Waals surface area (Å²) in [5, 5.41) is 10.3. The quantitative estimate of drug-likeness (QED) is 0.901. The van der Waals surface area contributed by atoms with Crippen molar-refractivity contribution >= 4 is 17.5 Å². The van der Waals surface area contributed by atoms with E-state index in [9.17, 15) is 9.90 Å². The van der Waals surface area contributed by atoms with E-state index < -0.39 is 0 Å². The molecule has 1 atom stereocenters. The SMILES string of the molecule is O=C(c1ccc(Cl)cn1)N1CCC(N2CCC[C@H](O)C2)CC1. The average Bonchev–Trinajstić information content (AvgIpc) is 2.55. The van der Waals surface area contributed by atoms with Crippen LogP contribution in [0.15, 0.2) is 18.3 Å². The lowest BCUT2D eigenvalue weighted by Crippen LogP contribution is -2.50. The van der Waals surface area contributed by atoms with Crippen molar-refractivity contribution in [1.82, 2.24) is 14.8 Å². The normalized spacial score (nSPS) is 24.5. The summed E-state index contributed by atoms with van der Waals surface area (Å²) in [6, 6.07) is 3.86. The fourth-order valence-corrected chi connectivity index (χ4v) is 3.53. The molecule has 2 saturated heterocycles. The van der Waals surface area contributed by atoms with Crippen LogP contribution in [0.1, 0.15) is 36.2 Å². The summed E-state index contributed by atoms with van der Waals surface area (Å²) in [6.45, 7) is 3.34. The van der Waals surface area contributed by atoms with Gasteiger partial charge in [0.15, 0.2) is 0 Å². The zero-order valence-corrected chi connectivity index (χ0v) is 13.4. The summed E-state index contributed by atoms with van der Waals surface area (Å²) in [4.78, 5) is 20.8. The molecule has 1 amide bonds. The van der Waals surface area contributed by atoms with Gasteiger partial charge in [0, 0.05) is 31.9 Å². The molecule has 120 valence electrons. The number of piperidine rings is 2. The van der Waals surface area contributed by atoms with E-state index in [4.69, 9.17) is 11.6 Å². The lowest BCUT2D eigenvalue weighted by Gasteiger charge is -2.41. The van der Waals surface area contributed by atoms with E-state index in [2.05, 4.69) is 9.88 Å². The highest BCUT2D eigenvalue weighted by Crippen LogP contribution is 2.22. The Kier molecular flexibility index (Phi) is 4.96. The molecule has 3 rings (SSSR count). The zero-order valence-electron chi connectivity index (χ0n) is 12.6. The molecule has 0 spiro atoms. The van der Waals surface area contributed by atoms with Gasteiger partial charge >= 0.3 is 0 Å². The average molecular weight is 324 g/mol. The van der Waals surface area contributed by atoms with Gasteiger partial charge in [0.1, 0.15) is 5.69 Å². The molecule has 2 aliphatic rings. The number of nitrogens with zero attached hydrogens (tertiary/aromatic N) is 3. The number of rotatable bonds is 2. The van der Waals surface area contributed by atoms with Crippen LogP contribution in [0.4, 0.5) is 0 Å². The van der Waals surface area contributed by atoms with Crippen molar-refractivity contribution in [2.75, 3.05) is 26.2 Å². The van der Waals surface area contributed by atoms with Crippen LogP contribution in [0, 0.1) is 0 Å². The predicted octanol–water partition coefficient (Wildman–Crippen LogP) is 1.80. The third-order valence-corrected chi connectivity index (χ3v) is 4.87. The number of aliphatic hydroxyl groups excluding tert-OH is 1. The molecular formula is C16H22ClN3O2.